The first-order chi connectivity index (χ1) is 7.59. The molecule has 0 radical (unpaired) electrons. The zero-order valence-corrected chi connectivity index (χ0v) is 9.15. The molecule has 0 bridgehead atoms. The van der Waals surface area contributed by atoms with Crippen molar-refractivity contribution in [1.82, 2.24) is 5.32 Å². The third-order valence-electron chi connectivity index (χ3n) is 2.71. The van der Waals surface area contributed by atoms with E-state index in [1.54, 1.807) is 0 Å². The standard InChI is InChI=1S/C11H10ClF2NO/c12-8-4-9(13)7(3-10(8)14)6-1-2-15-5-11(6)16/h3-4,6,15H,1-2,5H2. The number of hydrogen-bond donors (Lipinski definition) is 1. The Morgan fingerprint density at radius 2 is 2.06 bits per heavy atom. The summed E-state index contributed by atoms with van der Waals surface area (Å²) in [5.41, 5.74) is 0.105. The van der Waals surface area contributed by atoms with Crippen LogP contribution in [0, 0.1) is 11.6 Å². The minimum absolute atomic E-state index is 0.105. The molecule has 1 aromatic carbocycles. The number of nitrogens with one attached hydrogen (secondary N) is 1. The van der Waals surface area contributed by atoms with Crippen molar-refractivity contribution < 1.29 is 13.6 Å². The van der Waals surface area contributed by atoms with E-state index in [4.69, 9.17) is 11.6 Å². The van der Waals surface area contributed by atoms with Crippen LogP contribution in [0.5, 0.6) is 0 Å². The van der Waals surface area contributed by atoms with Crippen molar-refractivity contribution >= 4 is 17.4 Å². The fraction of sp³-hybridized carbons (Fsp3) is 0.364. The Hall–Kier alpha value is -1.00. The van der Waals surface area contributed by atoms with E-state index >= 15 is 0 Å². The summed E-state index contributed by atoms with van der Waals surface area (Å²) in [6.07, 6.45) is 0.483. The average molecular weight is 246 g/mol. The molecule has 1 N–H and O–H groups in total. The summed E-state index contributed by atoms with van der Waals surface area (Å²) < 4.78 is 26.8. The Morgan fingerprint density at radius 1 is 1.31 bits per heavy atom. The van der Waals surface area contributed by atoms with Crippen molar-refractivity contribution in [3.63, 3.8) is 0 Å². The zero-order chi connectivity index (χ0) is 11.7. The number of hydrogen-bond acceptors (Lipinski definition) is 2. The summed E-state index contributed by atoms with van der Waals surface area (Å²) in [7, 11) is 0. The summed E-state index contributed by atoms with van der Waals surface area (Å²) in [5.74, 6) is -1.99. The maximum absolute atomic E-state index is 13.6. The monoisotopic (exact) mass is 245 g/mol. The van der Waals surface area contributed by atoms with Gasteiger partial charge in [-0.25, -0.2) is 8.78 Å². The molecule has 1 fully saturated rings. The third kappa shape index (κ3) is 2.08. The Kier molecular flexibility index (Phi) is 3.21. The molecular formula is C11H10ClF2NO. The number of rotatable bonds is 1. The van der Waals surface area contributed by atoms with Crippen molar-refractivity contribution in [2.75, 3.05) is 13.1 Å². The Labute approximate surface area is 96.6 Å². The van der Waals surface area contributed by atoms with Crippen molar-refractivity contribution in [1.29, 1.82) is 0 Å². The molecule has 86 valence electrons. The molecular weight excluding hydrogens is 236 g/mol. The smallest absolute Gasteiger partial charge is 0.154 e. The van der Waals surface area contributed by atoms with Crippen molar-refractivity contribution in [2.24, 2.45) is 0 Å². The van der Waals surface area contributed by atoms with Crippen LogP contribution in [0.4, 0.5) is 8.78 Å². The average Bonchev–Trinajstić information content (AvgIpc) is 2.25. The molecule has 1 unspecified atom stereocenters. The lowest BCUT2D eigenvalue weighted by Crippen LogP contribution is -2.36. The second-order valence-electron chi connectivity index (χ2n) is 3.77. The predicted octanol–water partition coefficient (Wildman–Crippen LogP) is 2.26. The highest BCUT2D eigenvalue weighted by Crippen LogP contribution is 2.28. The van der Waals surface area contributed by atoms with Gasteiger partial charge in [0.05, 0.1) is 11.6 Å². The number of piperidine rings is 1. The molecule has 1 heterocycles. The van der Waals surface area contributed by atoms with E-state index in [1.165, 1.54) is 0 Å². The molecule has 1 aliphatic rings. The summed E-state index contributed by atoms with van der Waals surface area (Å²) in [4.78, 5) is 11.6. The zero-order valence-electron chi connectivity index (χ0n) is 8.40. The van der Waals surface area contributed by atoms with Crippen LogP contribution in [-0.2, 0) is 4.79 Å². The second-order valence-corrected chi connectivity index (χ2v) is 4.18. The largest absolute Gasteiger partial charge is 0.310 e. The number of carbonyl (C=O) groups is 1. The summed E-state index contributed by atoms with van der Waals surface area (Å²) >= 11 is 5.45. The van der Waals surface area contributed by atoms with Gasteiger partial charge in [0, 0.05) is 11.5 Å². The number of benzene rings is 1. The van der Waals surface area contributed by atoms with Crippen LogP contribution in [0.3, 0.4) is 0 Å². The van der Waals surface area contributed by atoms with Gasteiger partial charge in [-0.05, 0) is 25.1 Å². The predicted molar refractivity (Wildman–Crippen MR) is 56.6 cm³/mol. The van der Waals surface area contributed by atoms with E-state index in [1.807, 2.05) is 0 Å². The van der Waals surface area contributed by atoms with Crippen LogP contribution in [-0.4, -0.2) is 18.9 Å². The summed E-state index contributed by atoms with van der Waals surface area (Å²) in [6.45, 7) is 0.828. The first-order valence-electron chi connectivity index (χ1n) is 4.97. The molecule has 0 aromatic heterocycles. The summed E-state index contributed by atoms with van der Waals surface area (Å²) in [6, 6.07) is 1.94. The van der Waals surface area contributed by atoms with Gasteiger partial charge in [-0.15, -0.1) is 0 Å². The number of halogens is 3. The first kappa shape index (κ1) is 11.5. The molecule has 0 aliphatic carbocycles. The molecule has 2 nitrogen and oxygen atoms in total. The van der Waals surface area contributed by atoms with Crippen LogP contribution in [0.15, 0.2) is 12.1 Å². The maximum atomic E-state index is 13.6. The van der Waals surface area contributed by atoms with Gasteiger partial charge in [0.15, 0.2) is 5.78 Å². The van der Waals surface area contributed by atoms with Gasteiger partial charge >= 0.3 is 0 Å². The molecule has 16 heavy (non-hydrogen) atoms. The SMILES string of the molecule is O=C1CNCCC1c1cc(F)c(Cl)cc1F. The van der Waals surface area contributed by atoms with Gasteiger partial charge in [-0.1, -0.05) is 11.6 Å². The first-order valence-corrected chi connectivity index (χ1v) is 5.35. The van der Waals surface area contributed by atoms with E-state index in [0.29, 0.717) is 13.0 Å². The van der Waals surface area contributed by atoms with Gasteiger partial charge in [0.25, 0.3) is 0 Å². The lowest BCUT2D eigenvalue weighted by atomic mass is 9.89. The molecule has 0 spiro atoms. The van der Waals surface area contributed by atoms with E-state index < -0.39 is 17.6 Å². The highest BCUT2D eigenvalue weighted by Gasteiger charge is 2.27. The number of carbonyl (C=O) groups excluding carboxylic acids is 1. The molecule has 1 saturated heterocycles. The molecule has 0 saturated carbocycles. The van der Waals surface area contributed by atoms with E-state index in [2.05, 4.69) is 5.32 Å². The quantitative estimate of drug-likeness (QED) is 0.769. The molecule has 1 atom stereocenters. The van der Waals surface area contributed by atoms with Crippen LogP contribution < -0.4 is 5.32 Å². The van der Waals surface area contributed by atoms with E-state index in [-0.39, 0.29) is 22.9 Å². The highest BCUT2D eigenvalue weighted by atomic mass is 35.5. The Morgan fingerprint density at radius 3 is 2.75 bits per heavy atom. The Bertz CT molecular complexity index is 436. The van der Waals surface area contributed by atoms with Gasteiger partial charge in [-0.3, -0.25) is 4.79 Å². The fourth-order valence-corrected chi connectivity index (χ4v) is 2.03. The molecule has 5 heteroatoms. The minimum Gasteiger partial charge on any atom is -0.310 e. The van der Waals surface area contributed by atoms with Gasteiger partial charge in [-0.2, -0.15) is 0 Å². The van der Waals surface area contributed by atoms with Crippen LogP contribution in [0.2, 0.25) is 5.02 Å². The van der Waals surface area contributed by atoms with E-state index in [0.717, 1.165) is 12.1 Å². The number of ketones is 1. The normalized spacial score (nSPS) is 21.2. The van der Waals surface area contributed by atoms with Crippen molar-refractivity contribution in [3.8, 4) is 0 Å². The Balaban J connectivity index is 2.39. The molecule has 1 aliphatic heterocycles. The summed E-state index contributed by atoms with van der Waals surface area (Å²) in [5, 5.41) is 2.63. The topological polar surface area (TPSA) is 29.1 Å². The van der Waals surface area contributed by atoms with Gasteiger partial charge in [0.2, 0.25) is 0 Å². The highest BCUT2D eigenvalue weighted by molar-refractivity contribution is 6.30. The van der Waals surface area contributed by atoms with E-state index in [9.17, 15) is 13.6 Å². The molecule has 0 amide bonds. The fourth-order valence-electron chi connectivity index (χ4n) is 1.88. The molecule has 2 rings (SSSR count). The lowest BCUT2D eigenvalue weighted by molar-refractivity contribution is -0.120. The van der Waals surface area contributed by atoms with Crippen molar-refractivity contribution in [2.45, 2.75) is 12.3 Å². The third-order valence-corrected chi connectivity index (χ3v) is 3.00. The lowest BCUT2D eigenvalue weighted by Gasteiger charge is -2.22. The maximum Gasteiger partial charge on any atom is 0.154 e. The number of Topliss-reactive ketones (excluding diaryl/α,β-unsaturated/α-hetero) is 1. The second kappa shape index (κ2) is 4.47. The molecule has 1 aromatic rings. The van der Waals surface area contributed by atoms with Gasteiger partial charge < -0.3 is 5.32 Å². The minimum atomic E-state index is -0.690. The van der Waals surface area contributed by atoms with Crippen LogP contribution in [0.1, 0.15) is 17.9 Å². The van der Waals surface area contributed by atoms with Crippen LogP contribution in [0.25, 0.3) is 0 Å². The van der Waals surface area contributed by atoms with Crippen LogP contribution >= 0.6 is 11.6 Å². The van der Waals surface area contributed by atoms with Crippen molar-refractivity contribution in [3.05, 3.63) is 34.4 Å². The van der Waals surface area contributed by atoms with Gasteiger partial charge in [0.1, 0.15) is 11.6 Å².